The first-order chi connectivity index (χ1) is 17.8. The van der Waals surface area contributed by atoms with Gasteiger partial charge in [0.25, 0.3) is 0 Å². The van der Waals surface area contributed by atoms with Gasteiger partial charge in [0.1, 0.15) is 11.3 Å². The number of likely N-dealkylation sites (N-methyl/N-ethyl adjacent to an activating group) is 1. The van der Waals surface area contributed by atoms with Crippen molar-refractivity contribution < 1.29 is 4.74 Å². The van der Waals surface area contributed by atoms with Crippen molar-refractivity contribution in [3.63, 3.8) is 0 Å². The van der Waals surface area contributed by atoms with Crippen LogP contribution in [0.2, 0.25) is 0 Å². The summed E-state index contributed by atoms with van der Waals surface area (Å²) in [4.78, 5) is 11.5. The Morgan fingerprint density at radius 2 is 1.81 bits per heavy atom. The summed E-state index contributed by atoms with van der Waals surface area (Å²) in [6.45, 7) is 4.16. The van der Waals surface area contributed by atoms with E-state index in [0.29, 0.717) is 23.3 Å². The lowest BCUT2D eigenvalue weighted by molar-refractivity contribution is 0.459. The van der Waals surface area contributed by atoms with Crippen molar-refractivity contribution >= 4 is 22.7 Å². The summed E-state index contributed by atoms with van der Waals surface area (Å²) >= 11 is 0. The molecule has 1 N–H and O–H groups in total. The molecule has 0 saturated heterocycles. The molecule has 2 aromatic carbocycles. The molecule has 37 heavy (non-hydrogen) atoms. The van der Waals surface area contributed by atoms with Gasteiger partial charge in [-0.2, -0.15) is 10.2 Å². The fourth-order valence-electron chi connectivity index (χ4n) is 4.68. The van der Waals surface area contributed by atoms with Gasteiger partial charge < -0.3 is 19.5 Å². The van der Waals surface area contributed by atoms with Crippen molar-refractivity contribution in [1.29, 1.82) is 5.26 Å². The number of nitrogens with one attached hydrogen (secondary N) is 1. The van der Waals surface area contributed by atoms with Crippen molar-refractivity contribution in [2.75, 3.05) is 19.4 Å². The lowest BCUT2D eigenvalue weighted by Gasteiger charge is -2.22. The van der Waals surface area contributed by atoms with Crippen LogP contribution >= 0.6 is 0 Å². The van der Waals surface area contributed by atoms with Crippen LogP contribution in [0.15, 0.2) is 72.6 Å². The molecular weight excluding hydrogens is 460 g/mol. The van der Waals surface area contributed by atoms with Gasteiger partial charge in [-0.05, 0) is 73.4 Å². The number of nitriles is 1. The first-order valence-electron chi connectivity index (χ1n) is 12.3. The van der Waals surface area contributed by atoms with Gasteiger partial charge in [0.15, 0.2) is 0 Å². The second-order valence-corrected chi connectivity index (χ2v) is 9.64. The molecule has 0 fully saturated rings. The fourth-order valence-corrected chi connectivity index (χ4v) is 4.68. The average molecular weight is 491 g/mol. The average Bonchev–Trinajstić information content (AvgIpc) is 3.27. The van der Waals surface area contributed by atoms with Crippen molar-refractivity contribution in [2.24, 2.45) is 7.05 Å². The van der Waals surface area contributed by atoms with Gasteiger partial charge in [-0.1, -0.05) is 24.3 Å². The van der Waals surface area contributed by atoms with Crippen LogP contribution in [-0.2, 0) is 7.05 Å². The normalized spacial score (nSPS) is 14.8. The maximum atomic E-state index is 9.06. The van der Waals surface area contributed by atoms with E-state index in [1.165, 1.54) is 11.3 Å². The number of aryl methyl sites for hydroxylation is 3. The van der Waals surface area contributed by atoms with Crippen molar-refractivity contribution in [2.45, 2.75) is 26.2 Å². The van der Waals surface area contributed by atoms with Gasteiger partial charge in [0.2, 0.25) is 11.8 Å². The number of benzene rings is 2. The monoisotopic (exact) mass is 490 g/mol. The molecule has 0 amide bonds. The number of aromatic nitrogens is 3. The molecule has 2 heterocycles. The van der Waals surface area contributed by atoms with Crippen LogP contribution in [0.5, 0.6) is 11.6 Å². The summed E-state index contributed by atoms with van der Waals surface area (Å²) in [5.41, 5.74) is 7.65. The Kier molecular flexibility index (Phi) is 6.41. The fraction of sp³-hybridized carbons (Fsp3) is 0.233. The van der Waals surface area contributed by atoms with Crippen LogP contribution in [0.4, 0.5) is 11.6 Å². The Morgan fingerprint density at radius 3 is 2.43 bits per heavy atom. The number of hydrogen-bond donors (Lipinski definition) is 1. The highest BCUT2D eigenvalue weighted by Crippen LogP contribution is 2.37. The Labute approximate surface area is 217 Å². The largest absolute Gasteiger partial charge is 0.436 e. The van der Waals surface area contributed by atoms with Gasteiger partial charge in [-0.3, -0.25) is 0 Å². The lowest BCUT2D eigenvalue weighted by atomic mass is 9.89. The third-order valence-electron chi connectivity index (χ3n) is 6.66. The highest BCUT2D eigenvalue weighted by molar-refractivity contribution is 5.82. The smallest absolute Gasteiger partial charge is 0.249 e. The molecule has 1 unspecified atom stereocenters. The lowest BCUT2D eigenvalue weighted by Crippen LogP contribution is -2.12. The molecular formula is C30H30N6O. The molecule has 0 radical (unpaired) electrons. The number of rotatable bonds is 6. The zero-order valence-corrected chi connectivity index (χ0v) is 21.8. The molecule has 4 aromatic rings. The van der Waals surface area contributed by atoms with Crippen LogP contribution in [-0.4, -0.2) is 33.5 Å². The zero-order chi connectivity index (χ0) is 26.1. The molecule has 1 aliphatic carbocycles. The SMILES string of the molecule is Cc1cc(C2C=CC(N(C)C)=CC2)cc(C)c1Oc1nc(Nc2ccc(C#N)cc2)nc2ccn(C)c12. The molecule has 0 spiro atoms. The maximum absolute atomic E-state index is 9.06. The van der Waals surface area contributed by atoms with E-state index in [2.05, 4.69) is 79.6 Å². The molecule has 5 rings (SSSR count). The highest BCUT2D eigenvalue weighted by atomic mass is 16.5. The molecule has 7 heteroatoms. The Balaban J connectivity index is 1.45. The van der Waals surface area contributed by atoms with E-state index in [1.807, 2.05) is 36.0 Å². The van der Waals surface area contributed by atoms with E-state index >= 15 is 0 Å². The minimum atomic E-state index is 0.344. The number of ether oxygens (including phenoxy) is 1. The first-order valence-corrected chi connectivity index (χ1v) is 12.3. The van der Waals surface area contributed by atoms with E-state index in [-0.39, 0.29) is 0 Å². The predicted molar refractivity (Wildman–Crippen MR) is 147 cm³/mol. The Morgan fingerprint density at radius 1 is 1.08 bits per heavy atom. The molecule has 0 saturated carbocycles. The molecule has 1 aliphatic rings. The summed E-state index contributed by atoms with van der Waals surface area (Å²) in [7, 11) is 6.10. The molecule has 0 bridgehead atoms. The minimum absolute atomic E-state index is 0.344. The third-order valence-corrected chi connectivity index (χ3v) is 6.66. The van der Waals surface area contributed by atoms with Crippen molar-refractivity contribution in [1.82, 2.24) is 19.4 Å². The number of fused-ring (bicyclic) bond motifs is 1. The van der Waals surface area contributed by atoms with E-state index in [4.69, 9.17) is 15.0 Å². The molecule has 1 atom stereocenters. The minimum Gasteiger partial charge on any atom is -0.436 e. The second-order valence-electron chi connectivity index (χ2n) is 9.64. The van der Waals surface area contributed by atoms with E-state index < -0.39 is 0 Å². The molecule has 7 nitrogen and oxygen atoms in total. The van der Waals surface area contributed by atoms with Crippen LogP contribution in [0.1, 0.15) is 34.6 Å². The van der Waals surface area contributed by atoms with Gasteiger partial charge in [-0.15, -0.1) is 0 Å². The summed E-state index contributed by atoms with van der Waals surface area (Å²) < 4.78 is 8.48. The number of anilines is 2. The van der Waals surface area contributed by atoms with E-state index in [9.17, 15) is 0 Å². The van der Waals surface area contributed by atoms with Gasteiger partial charge >= 0.3 is 0 Å². The summed E-state index contributed by atoms with van der Waals surface area (Å²) in [6, 6.07) is 15.7. The second kappa shape index (κ2) is 9.82. The summed E-state index contributed by atoms with van der Waals surface area (Å²) in [6.07, 6.45) is 9.69. The van der Waals surface area contributed by atoms with Crippen LogP contribution in [0.3, 0.4) is 0 Å². The number of nitrogens with zero attached hydrogens (tertiary/aromatic N) is 5. The van der Waals surface area contributed by atoms with Crippen LogP contribution in [0, 0.1) is 25.2 Å². The maximum Gasteiger partial charge on any atom is 0.249 e. The highest BCUT2D eigenvalue weighted by Gasteiger charge is 2.19. The topological polar surface area (TPSA) is 79.0 Å². The number of hydrogen-bond acceptors (Lipinski definition) is 6. The van der Waals surface area contributed by atoms with Crippen molar-refractivity contribution in [3.8, 4) is 17.7 Å². The van der Waals surface area contributed by atoms with Gasteiger partial charge in [0, 0.05) is 44.6 Å². The van der Waals surface area contributed by atoms with E-state index in [1.54, 1.807) is 12.1 Å². The number of allylic oxidation sites excluding steroid dienone is 3. The Bertz CT molecular complexity index is 1550. The van der Waals surface area contributed by atoms with Crippen molar-refractivity contribution in [3.05, 3.63) is 94.8 Å². The van der Waals surface area contributed by atoms with Crippen LogP contribution in [0.25, 0.3) is 11.0 Å². The molecule has 186 valence electrons. The zero-order valence-electron chi connectivity index (χ0n) is 21.8. The van der Waals surface area contributed by atoms with Gasteiger partial charge in [-0.25, -0.2) is 4.98 Å². The molecule has 2 aromatic heterocycles. The van der Waals surface area contributed by atoms with Gasteiger partial charge in [0.05, 0.1) is 17.1 Å². The summed E-state index contributed by atoms with van der Waals surface area (Å²) in [5, 5.41) is 12.3. The molecule has 0 aliphatic heterocycles. The Hall–Kier alpha value is -4.57. The van der Waals surface area contributed by atoms with E-state index in [0.717, 1.165) is 40.0 Å². The quantitative estimate of drug-likeness (QED) is 0.333. The summed E-state index contributed by atoms with van der Waals surface area (Å²) in [5.74, 6) is 2.07. The first kappa shape index (κ1) is 24.1. The standard InChI is InChI=1S/C30H30N6O/c1-19-16-23(22-8-12-25(13-9-22)35(3)4)17-20(2)28(19)37-29-27-26(14-15-36(27)5)33-30(34-29)32-24-10-6-21(18-31)7-11-24/h6-8,10-17,22H,9H2,1-5H3,(H,32,33,34). The van der Waals surface area contributed by atoms with Crippen LogP contribution < -0.4 is 10.1 Å². The third kappa shape index (κ3) is 4.91. The predicted octanol–water partition coefficient (Wildman–Crippen LogP) is 6.48.